The highest BCUT2D eigenvalue weighted by molar-refractivity contribution is 7.99. The van der Waals surface area contributed by atoms with Crippen LogP contribution >= 0.6 is 11.8 Å². The Morgan fingerprint density at radius 1 is 1.38 bits per heavy atom. The summed E-state index contributed by atoms with van der Waals surface area (Å²) in [7, 11) is 1.60. The smallest absolute Gasteiger partial charge is 0.204 e. The van der Waals surface area contributed by atoms with Gasteiger partial charge in [-0.3, -0.25) is 0 Å². The van der Waals surface area contributed by atoms with Gasteiger partial charge in [0.15, 0.2) is 11.6 Å². The van der Waals surface area contributed by atoms with Crippen molar-refractivity contribution in [1.29, 1.82) is 0 Å². The van der Waals surface area contributed by atoms with E-state index >= 15 is 0 Å². The fraction of sp³-hybridized carbons (Fsp3) is 0.600. The number of nitrogen functional groups attached to an aromatic ring is 1. The number of thioether (sulfide) groups is 1. The van der Waals surface area contributed by atoms with Gasteiger partial charge in [0.25, 0.3) is 0 Å². The molecule has 0 aliphatic carbocycles. The van der Waals surface area contributed by atoms with Crippen molar-refractivity contribution >= 4 is 23.4 Å². The third-order valence-electron chi connectivity index (χ3n) is 2.54. The molecule has 1 aromatic heterocycles. The van der Waals surface area contributed by atoms with E-state index in [4.69, 9.17) is 10.5 Å². The van der Waals surface area contributed by atoms with E-state index in [0.717, 1.165) is 31.1 Å². The summed E-state index contributed by atoms with van der Waals surface area (Å²) in [6.45, 7) is 1.98. The number of nitrogens with two attached hydrogens (primary N) is 1. The lowest BCUT2D eigenvalue weighted by atomic mass is 10.3. The molecule has 0 unspecified atom stereocenters. The Kier molecular flexibility index (Phi) is 3.71. The minimum absolute atomic E-state index is 0.407. The summed E-state index contributed by atoms with van der Waals surface area (Å²) in [5, 5.41) is 0. The average molecular weight is 240 g/mol. The second-order valence-electron chi connectivity index (χ2n) is 3.57. The van der Waals surface area contributed by atoms with Crippen molar-refractivity contribution < 1.29 is 4.74 Å². The molecule has 0 atom stereocenters. The minimum Gasteiger partial charge on any atom is -0.490 e. The number of aromatic nitrogens is 2. The molecule has 16 heavy (non-hydrogen) atoms. The lowest BCUT2D eigenvalue weighted by molar-refractivity contribution is 0.413. The van der Waals surface area contributed by atoms with Crippen LogP contribution in [0.25, 0.3) is 0 Å². The first-order chi connectivity index (χ1) is 7.83. The zero-order valence-electron chi connectivity index (χ0n) is 9.35. The monoisotopic (exact) mass is 240 g/mol. The number of hydrogen-bond acceptors (Lipinski definition) is 6. The van der Waals surface area contributed by atoms with Gasteiger partial charge in [0.1, 0.15) is 6.33 Å². The molecule has 0 radical (unpaired) electrons. The summed E-state index contributed by atoms with van der Waals surface area (Å²) in [6.07, 6.45) is 2.66. The van der Waals surface area contributed by atoms with Crippen LogP contribution in [0.5, 0.6) is 5.75 Å². The van der Waals surface area contributed by atoms with Crippen molar-refractivity contribution in [1.82, 2.24) is 9.97 Å². The van der Waals surface area contributed by atoms with Crippen LogP contribution in [0.15, 0.2) is 6.33 Å². The van der Waals surface area contributed by atoms with Gasteiger partial charge in [0.05, 0.1) is 7.11 Å². The van der Waals surface area contributed by atoms with E-state index in [-0.39, 0.29) is 0 Å². The van der Waals surface area contributed by atoms with Gasteiger partial charge in [-0.25, -0.2) is 9.97 Å². The molecule has 2 rings (SSSR count). The summed E-state index contributed by atoms with van der Waals surface area (Å²) in [6, 6.07) is 0. The number of rotatable bonds is 2. The summed E-state index contributed by atoms with van der Waals surface area (Å²) in [5.74, 6) is 4.14. The van der Waals surface area contributed by atoms with Gasteiger partial charge in [-0.05, 0) is 12.2 Å². The molecule has 1 aromatic rings. The topological polar surface area (TPSA) is 64.3 Å². The summed E-state index contributed by atoms with van der Waals surface area (Å²) in [4.78, 5) is 10.4. The van der Waals surface area contributed by atoms with Gasteiger partial charge in [-0.2, -0.15) is 11.8 Å². The Morgan fingerprint density at radius 3 is 3.06 bits per heavy atom. The average Bonchev–Trinajstić information content (AvgIpc) is 2.57. The molecule has 0 bridgehead atoms. The Morgan fingerprint density at radius 2 is 2.25 bits per heavy atom. The van der Waals surface area contributed by atoms with Crippen LogP contribution in [-0.4, -0.2) is 41.7 Å². The third kappa shape index (κ3) is 2.32. The molecule has 1 saturated heterocycles. The second kappa shape index (κ2) is 5.25. The Hall–Kier alpha value is -1.17. The van der Waals surface area contributed by atoms with Crippen LogP contribution < -0.4 is 15.4 Å². The number of nitrogens with zero attached hydrogens (tertiary/aromatic N) is 3. The van der Waals surface area contributed by atoms with Gasteiger partial charge in [0.2, 0.25) is 5.75 Å². The predicted octanol–water partition coefficient (Wildman–Crippen LogP) is 1.01. The summed E-state index contributed by atoms with van der Waals surface area (Å²) in [5.41, 5.74) is 5.77. The number of methoxy groups -OCH3 is 1. The maximum absolute atomic E-state index is 5.77. The molecule has 0 saturated carbocycles. The fourth-order valence-corrected chi connectivity index (χ4v) is 2.64. The zero-order valence-corrected chi connectivity index (χ0v) is 10.2. The normalized spacial score (nSPS) is 16.9. The molecule has 1 aliphatic heterocycles. The highest BCUT2D eigenvalue weighted by Gasteiger charge is 2.17. The van der Waals surface area contributed by atoms with Gasteiger partial charge in [-0.15, -0.1) is 0 Å². The maximum Gasteiger partial charge on any atom is 0.204 e. The number of anilines is 2. The Bertz CT molecular complexity index is 353. The van der Waals surface area contributed by atoms with Gasteiger partial charge < -0.3 is 15.4 Å². The van der Waals surface area contributed by atoms with Crippen LogP contribution in [0.1, 0.15) is 6.42 Å². The molecular weight excluding hydrogens is 224 g/mol. The molecule has 1 aliphatic rings. The Balaban J connectivity index is 2.27. The minimum atomic E-state index is 0.407. The van der Waals surface area contributed by atoms with Crippen molar-refractivity contribution in [3.05, 3.63) is 6.33 Å². The van der Waals surface area contributed by atoms with Crippen LogP contribution in [0.3, 0.4) is 0 Å². The first-order valence-corrected chi connectivity index (χ1v) is 6.45. The molecule has 2 N–H and O–H groups in total. The molecular formula is C10H16N4OS. The third-order valence-corrected chi connectivity index (χ3v) is 3.59. The lowest BCUT2D eigenvalue weighted by Crippen LogP contribution is -2.27. The second-order valence-corrected chi connectivity index (χ2v) is 4.79. The molecule has 2 heterocycles. The van der Waals surface area contributed by atoms with E-state index in [1.54, 1.807) is 7.11 Å². The summed E-state index contributed by atoms with van der Waals surface area (Å²) < 4.78 is 5.27. The highest BCUT2D eigenvalue weighted by atomic mass is 32.2. The quantitative estimate of drug-likeness (QED) is 0.832. The van der Waals surface area contributed by atoms with E-state index in [2.05, 4.69) is 14.9 Å². The molecule has 0 aromatic carbocycles. The molecule has 0 amide bonds. The molecule has 5 nitrogen and oxygen atoms in total. The van der Waals surface area contributed by atoms with Crippen molar-refractivity contribution in [3.8, 4) is 5.75 Å². The Labute approximate surface area is 99.4 Å². The largest absolute Gasteiger partial charge is 0.490 e. The van der Waals surface area contributed by atoms with Crippen LogP contribution in [0, 0.1) is 0 Å². The standard InChI is InChI=1S/C10H16N4OS/c1-15-8-9(11)12-7-13-10(8)14-3-2-5-16-6-4-14/h7H,2-6H2,1H3,(H2,11,12,13). The van der Waals surface area contributed by atoms with Gasteiger partial charge >= 0.3 is 0 Å². The van der Waals surface area contributed by atoms with Crippen LogP contribution in [-0.2, 0) is 0 Å². The fourth-order valence-electron chi connectivity index (χ4n) is 1.76. The van der Waals surface area contributed by atoms with Crippen molar-refractivity contribution in [2.24, 2.45) is 0 Å². The lowest BCUT2D eigenvalue weighted by Gasteiger charge is -2.23. The maximum atomic E-state index is 5.77. The van der Waals surface area contributed by atoms with E-state index in [1.165, 1.54) is 12.1 Å². The van der Waals surface area contributed by atoms with E-state index in [1.807, 2.05) is 11.8 Å². The van der Waals surface area contributed by atoms with Crippen LogP contribution in [0.4, 0.5) is 11.6 Å². The molecule has 0 spiro atoms. The first kappa shape index (κ1) is 11.3. The number of ether oxygens (including phenoxy) is 1. The molecule has 88 valence electrons. The zero-order chi connectivity index (χ0) is 11.4. The molecule has 1 fully saturated rings. The van der Waals surface area contributed by atoms with Crippen LogP contribution in [0.2, 0.25) is 0 Å². The van der Waals surface area contributed by atoms with Gasteiger partial charge in [0, 0.05) is 18.8 Å². The SMILES string of the molecule is COc1c(N)ncnc1N1CCCSCC1. The number of hydrogen-bond donors (Lipinski definition) is 1. The van der Waals surface area contributed by atoms with Crippen molar-refractivity contribution in [3.63, 3.8) is 0 Å². The van der Waals surface area contributed by atoms with E-state index in [0.29, 0.717) is 11.6 Å². The van der Waals surface area contributed by atoms with Crippen molar-refractivity contribution in [2.75, 3.05) is 42.3 Å². The van der Waals surface area contributed by atoms with Gasteiger partial charge in [-0.1, -0.05) is 0 Å². The van der Waals surface area contributed by atoms with E-state index in [9.17, 15) is 0 Å². The van der Waals surface area contributed by atoms with Crippen molar-refractivity contribution in [2.45, 2.75) is 6.42 Å². The molecule has 6 heteroatoms. The summed E-state index contributed by atoms with van der Waals surface area (Å²) >= 11 is 1.97. The first-order valence-electron chi connectivity index (χ1n) is 5.30. The highest BCUT2D eigenvalue weighted by Crippen LogP contribution is 2.30. The predicted molar refractivity (Wildman–Crippen MR) is 67.2 cm³/mol. The van der Waals surface area contributed by atoms with E-state index < -0.39 is 0 Å².